The van der Waals surface area contributed by atoms with Crippen molar-refractivity contribution in [2.45, 2.75) is 6.92 Å². The summed E-state index contributed by atoms with van der Waals surface area (Å²) in [7, 11) is 1.72. The number of methoxy groups -OCH3 is 1. The summed E-state index contributed by atoms with van der Waals surface area (Å²) in [6.45, 7) is 12.5. The van der Waals surface area contributed by atoms with Crippen molar-refractivity contribution >= 4 is 5.69 Å². The van der Waals surface area contributed by atoms with Crippen LogP contribution in [-0.4, -0.2) is 70.9 Å². The second-order valence-corrected chi connectivity index (χ2v) is 5.62. The summed E-state index contributed by atoms with van der Waals surface area (Å²) in [5.74, 6) is 0.940. The SMILES string of the molecule is C1CNCCN1.CCN1CCN(c2cccc(OC)c2)CC1. The first-order valence-electron chi connectivity index (χ1n) is 8.36. The summed E-state index contributed by atoms with van der Waals surface area (Å²) in [5, 5.41) is 6.44. The topological polar surface area (TPSA) is 39.8 Å². The molecular formula is C17H30N4O. The Bertz CT molecular complexity index is 403. The molecule has 0 aliphatic carbocycles. The van der Waals surface area contributed by atoms with Crippen molar-refractivity contribution in [2.75, 3.05) is 70.9 Å². The maximum absolute atomic E-state index is 5.25. The average molecular weight is 306 g/mol. The lowest BCUT2D eigenvalue weighted by Crippen LogP contribution is -2.46. The zero-order valence-electron chi connectivity index (χ0n) is 14.0. The van der Waals surface area contributed by atoms with Gasteiger partial charge < -0.3 is 25.2 Å². The van der Waals surface area contributed by atoms with Gasteiger partial charge in [-0.1, -0.05) is 13.0 Å². The highest BCUT2D eigenvalue weighted by molar-refractivity contribution is 5.51. The number of nitrogens with one attached hydrogen (secondary N) is 2. The van der Waals surface area contributed by atoms with Gasteiger partial charge in [0.1, 0.15) is 5.75 Å². The molecule has 2 fully saturated rings. The van der Waals surface area contributed by atoms with Gasteiger partial charge in [-0.25, -0.2) is 0 Å². The molecule has 0 amide bonds. The molecule has 2 N–H and O–H groups in total. The van der Waals surface area contributed by atoms with E-state index in [1.807, 2.05) is 6.07 Å². The summed E-state index contributed by atoms with van der Waals surface area (Å²) in [4.78, 5) is 4.91. The van der Waals surface area contributed by atoms with Gasteiger partial charge >= 0.3 is 0 Å². The summed E-state index contributed by atoms with van der Waals surface area (Å²) >= 11 is 0. The third kappa shape index (κ3) is 5.48. The average Bonchev–Trinajstić information content (AvgIpc) is 2.64. The molecule has 5 nitrogen and oxygen atoms in total. The Morgan fingerprint density at radius 3 is 2.14 bits per heavy atom. The van der Waals surface area contributed by atoms with Crippen molar-refractivity contribution in [1.29, 1.82) is 0 Å². The molecule has 2 aliphatic heterocycles. The number of ether oxygens (including phenoxy) is 1. The minimum atomic E-state index is 0.940. The van der Waals surface area contributed by atoms with Gasteiger partial charge in [-0.05, 0) is 18.7 Å². The molecule has 124 valence electrons. The maximum Gasteiger partial charge on any atom is 0.120 e. The van der Waals surface area contributed by atoms with Crippen molar-refractivity contribution < 1.29 is 4.74 Å². The van der Waals surface area contributed by atoms with Crippen LogP contribution >= 0.6 is 0 Å². The standard InChI is InChI=1S/C13H20N2O.C4H10N2/c1-3-14-7-9-15(10-8-14)12-5-4-6-13(11-12)16-2;1-2-6-4-3-5-1/h4-6,11H,3,7-10H2,1-2H3;5-6H,1-4H2. The Hall–Kier alpha value is -1.30. The van der Waals surface area contributed by atoms with Gasteiger partial charge in [-0.15, -0.1) is 0 Å². The fourth-order valence-corrected chi connectivity index (χ4v) is 2.73. The largest absolute Gasteiger partial charge is 0.497 e. The van der Waals surface area contributed by atoms with Gasteiger partial charge in [0.15, 0.2) is 0 Å². The third-order valence-corrected chi connectivity index (χ3v) is 4.20. The molecular weight excluding hydrogens is 276 g/mol. The van der Waals surface area contributed by atoms with Crippen molar-refractivity contribution in [3.8, 4) is 5.75 Å². The Balaban J connectivity index is 0.000000246. The summed E-state index contributed by atoms with van der Waals surface area (Å²) in [6, 6.07) is 8.32. The van der Waals surface area contributed by atoms with Gasteiger partial charge in [-0.3, -0.25) is 0 Å². The fourth-order valence-electron chi connectivity index (χ4n) is 2.73. The molecule has 0 saturated carbocycles. The highest BCUT2D eigenvalue weighted by atomic mass is 16.5. The second kappa shape index (κ2) is 9.66. The van der Waals surface area contributed by atoms with Crippen LogP contribution in [0.1, 0.15) is 6.92 Å². The van der Waals surface area contributed by atoms with Crippen LogP contribution in [0, 0.1) is 0 Å². The molecule has 22 heavy (non-hydrogen) atoms. The first-order valence-corrected chi connectivity index (χ1v) is 8.36. The van der Waals surface area contributed by atoms with Crippen molar-refractivity contribution in [1.82, 2.24) is 15.5 Å². The highest BCUT2D eigenvalue weighted by Crippen LogP contribution is 2.21. The molecule has 5 heteroatoms. The maximum atomic E-state index is 5.25. The number of rotatable bonds is 3. The number of hydrogen-bond acceptors (Lipinski definition) is 5. The quantitative estimate of drug-likeness (QED) is 0.872. The second-order valence-electron chi connectivity index (χ2n) is 5.62. The number of hydrogen-bond donors (Lipinski definition) is 2. The van der Waals surface area contributed by atoms with Crippen LogP contribution in [0.25, 0.3) is 0 Å². The van der Waals surface area contributed by atoms with Gasteiger partial charge in [0.25, 0.3) is 0 Å². The van der Waals surface area contributed by atoms with Crippen LogP contribution in [0.4, 0.5) is 5.69 Å². The predicted octanol–water partition coefficient (Wildman–Crippen LogP) is 1.02. The molecule has 2 aliphatic rings. The molecule has 0 aromatic heterocycles. The Kier molecular flexibility index (Phi) is 7.49. The lowest BCUT2D eigenvalue weighted by Gasteiger charge is -2.35. The van der Waals surface area contributed by atoms with Crippen molar-refractivity contribution in [2.24, 2.45) is 0 Å². The van der Waals surface area contributed by atoms with E-state index in [1.165, 1.54) is 5.69 Å². The highest BCUT2D eigenvalue weighted by Gasteiger charge is 2.15. The zero-order valence-corrected chi connectivity index (χ0v) is 14.0. The fraction of sp³-hybridized carbons (Fsp3) is 0.647. The van der Waals surface area contributed by atoms with E-state index in [0.717, 1.165) is 64.7 Å². The minimum absolute atomic E-state index is 0.940. The Morgan fingerprint density at radius 1 is 1.00 bits per heavy atom. The van der Waals surface area contributed by atoms with Gasteiger partial charge in [0, 0.05) is 64.1 Å². The molecule has 2 heterocycles. The van der Waals surface area contributed by atoms with Crippen LogP contribution in [0.3, 0.4) is 0 Å². The van der Waals surface area contributed by atoms with E-state index >= 15 is 0 Å². The molecule has 3 rings (SSSR count). The molecule has 1 aromatic rings. The number of benzene rings is 1. The minimum Gasteiger partial charge on any atom is -0.497 e. The first-order chi connectivity index (χ1) is 10.8. The van der Waals surface area contributed by atoms with Crippen LogP contribution in [-0.2, 0) is 0 Å². The van der Waals surface area contributed by atoms with Gasteiger partial charge in [0.2, 0.25) is 0 Å². The van der Waals surface area contributed by atoms with E-state index in [0.29, 0.717) is 0 Å². The summed E-state index contributed by atoms with van der Waals surface area (Å²) in [5.41, 5.74) is 1.27. The molecule has 0 radical (unpaired) electrons. The molecule has 1 aromatic carbocycles. The summed E-state index contributed by atoms with van der Waals surface area (Å²) in [6.07, 6.45) is 0. The summed E-state index contributed by atoms with van der Waals surface area (Å²) < 4.78 is 5.25. The molecule has 0 unspecified atom stereocenters. The lowest BCUT2D eigenvalue weighted by atomic mass is 10.2. The molecule has 2 saturated heterocycles. The Labute approximate surface area is 134 Å². The van der Waals surface area contributed by atoms with Crippen LogP contribution in [0.15, 0.2) is 24.3 Å². The van der Waals surface area contributed by atoms with Gasteiger partial charge in [-0.2, -0.15) is 0 Å². The lowest BCUT2D eigenvalue weighted by molar-refractivity contribution is 0.271. The zero-order chi connectivity index (χ0) is 15.6. The smallest absolute Gasteiger partial charge is 0.120 e. The first kappa shape index (κ1) is 17.1. The molecule has 0 bridgehead atoms. The normalized spacial score (nSPS) is 19.3. The number of nitrogens with zero attached hydrogens (tertiary/aromatic N) is 2. The van der Waals surface area contributed by atoms with Crippen LogP contribution in [0.2, 0.25) is 0 Å². The number of anilines is 1. The number of likely N-dealkylation sites (N-methyl/N-ethyl adjacent to an activating group) is 1. The predicted molar refractivity (Wildman–Crippen MR) is 93.1 cm³/mol. The van der Waals surface area contributed by atoms with Gasteiger partial charge in [0.05, 0.1) is 7.11 Å². The number of piperazine rings is 2. The van der Waals surface area contributed by atoms with E-state index in [-0.39, 0.29) is 0 Å². The van der Waals surface area contributed by atoms with E-state index in [9.17, 15) is 0 Å². The van der Waals surface area contributed by atoms with E-state index in [2.05, 4.69) is 45.6 Å². The van der Waals surface area contributed by atoms with E-state index < -0.39 is 0 Å². The van der Waals surface area contributed by atoms with Crippen LogP contribution < -0.4 is 20.3 Å². The molecule has 0 spiro atoms. The van der Waals surface area contributed by atoms with E-state index in [4.69, 9.17) is 4.74 Å². The third-order valence-electron chi connectivity index (χ3n) is 4.20. The van der Waals surface area contributed by atoms with Crippen molar-refractivity contribution in [3.63, 3.8) is 0 Å². The Morgan fingerprint density at radius 2 is 1.64 bits per heavy atom. The monoisotopic (exact) mass is 306 g/mol. The molecule has 0 atom stereocenters. The van der Waals surface area contributed by atoms with E-state index in [1.54, 1.807) is 7.11 Å². The van der Waals surface area contributed by atoms with Crippen molar-refractivity contribution in [3.05, 3.63) is 24.3 Å². The van der Waals surface area contributed by atoms with Crippen LogP contribution in [0.5, 0.6) is 5.75 Å².